The van der Waals surface area contributed by atoms with Crippen molar-refractivity contribution >= 4 is 21.8 Å². The van der Waals surface area contributed by atoms with Gasteiger partial charge in [-0.05, 0) is 34.5 Å². The molecule has 0 unspecified atom stereocenters. The highest BCUT2D eigenvalue weighted by Crippen LogP contribution is 2.18. The smallest absolute Gasteiger partial charge is 0.255 e. The first-order valence-corrected chi connectivity index (χ1v) is 7.64. The van der Waals surface area contributed by atoms with Crippen molar-refractivity contribution in [2.45, 2.75) is 32.6 Å². The number of hydrogen-bond donors (Lipinski definition) is 1. The van der Waals surface area contributed by atoms with Crippen LogP contribution in [0.15, 0.2) is 28.7 Å². The SMILES string of the molecule is CCCCCCN(CCO)C(=O)c1ccccc1Br. The van der Waals surface area contributed by atoms with Crippen LogP contribution < -0.4 is 0 Å². The minimum absolute atomic E-state index is 0.00394. The van der Waals surface area contributed by atoms with Gasteiger partial charge in [-0.3, -0.25) is 4.79 Å². The van der Waals surface area contributed by atoms with Crippen LogP contribution in [-0.2, 0) is 0 Å². The van der Waals surface area contributed by atoms with Crippen LogP contribution in [0.5, 0.6) is 0 Å². The van der Waals surface area contributed by atoms with Crippen LogP contribution in [0.3, 0.4) is 0 Å². The van der Waals surface area contributed by atoms with Crippen LogP contribution in [0.2, 0.25) is 0 Å². The van der Waals surface area contributed by atoms with Crippen molar-refractivity contribution in [3.05, 3.63) is 34.3 Å². The van der Waals surface area contributed by atoms with Crippen molar-refractivity contribution in [2.75, 3.05) is 19.7 Å². The molecule has 3 nitrogen and oxygen atoms in total. The molecule has 0 saturated carbocycles. The summed E-state index contributed by atoms with van der Waals surface area (Å²) in [4.78, 5) is 14.1. The van der Waals surface area contributed by atoms with Gasteiger partial charge in [0.25, 0.3) is 5.91 Å². The fourth-order valence-electron chi connectivity index (χ4n) is 1.97. The van der Waals surface area contributed by atoms with E-state index in [4.69, 9.17) is 5.11 Å². The van der Waals surface area contributed by atoms with Crippen LogP contribution in [0.1, 0.15) is 43.0 Å². The van der Waals surface area contributed by atoms with Crippen molar-refractivity contribution in [1.82, 2.24) is 4.90 Å². The third kappa shape index (κ3) is 5.33. The highest BCUT2D eigenvalue weighted by Gasteiger charge is 2.16. The number of hydrogen-bond acceptors (Lipinski definition) is 2. The first-order valence-electron chi connectivity index (χ1n) is 6.85. The summed E-state index contributed by atoms with van der Waals surface area (Å²) in [5.41, 5.74) is 0.659. The molecule has 0 aliphatic rings. The Morgan fingerprint density at radius 1 is 1.21 bits per heavy atom. The maximum atomic E-state index is 12.4. The summed E-state index contributed by atoms with van der Waals surface area (Å²) >= 11 is 3.40. The van der Waals surface area contributed by atoms with Gasteiger partial charge in [0, 0.05) is 17.6 Å². The van der Waals surface area contributed by atoms with E-state index in [1.54, 1.807) is 4.90 Å². The van der Waals surface area contributed by atoms with E-state index in [0.29, 0.717) is 18.7 Å². The molecule has 1 aromatic rings. The Morgan fingerprint density at radius 3 is 2.58 bits per heavy atom. The largest absolute Gasteiger partial charge is 0.395 e. The molecule has 4 heteroatoms. The Bertz CT molecular complexity index is 395. The number of benzene rings is 1. The predicted octanol–water partition coefficient (Wildman–Crippen LogP) is 3.46. The van der Waals surface area contributed by atoms with Crippen LogP contribution in [0, 0.1) is 0 Å². The molecular weight excluding hydrogens is 306 g/mol. The molecule has 0 saturated heterocycles. The standard InChI is InChI=1S/C15H22BrNO2/c1-2-3-4-7-10-17(11-12-18)15(19)13-8-5-6-9-14(13)16/h5-6,8-9,18H,2-4,7,10-12H2,1H3. The first kappa shape index (κ1) is 16.2. The number of unbranched alkanes of at least 4 members (excludes halogenated alkanes) is 3. The van der Waals surface area contributed by atoms with Crippen molar-refractivity contribution < 1.29 is 9.90 Å². The number of carbonyl (C=O) groups is 1. The maximum absolute atomic E-state index is 12.4. The fourth-order valence-corrected chi connectivity index (χ4v) is 2.42. The molecule has 1 aromatic carbocycles. The molecule has 0 spiro atoms. The molecule has 1 N–H and O–H groups in total. The number of aliphatic hydroxyl groups excluding tert-OH is 1. The molecule has 0 aliphatic heterocycles. The normalized spacial score (nSPS) is 10.5. The zero-order valence-corrected chi connectivity index (χ0v) is 13.0. The lowest BCUT2D eigenvalue weighted by molar-refractivity contribution is 0.0717. The molecule has 1 amide bonds. The summed E-state index contributed by atoms with van der Waals surface area (Å²) in [7, 11) is 0. The van der Waals surface area contributed by atoms with E-state index in [-0.39, 0.29) is 12.5 Å². The van der Waals surface area contributed by atoms with Gasteiger partial charge in [0.05, 0.1) is 12.2 Å². The average molecular weight is 328 g/mol. The van der Waals surface area contributed by atoms with Crippen LogP contribution in [-0.4, -0.2) is 35.6 Å². The van der Waals surface area contributed by atoms with Gasteiger partial charge in [0.1, 0.15) is 0 Å². The van der Waals surface area contributed by atoms with Gasteiger partial charge in [-0.15, -0.1) is 0 Å². The lowest BCUT2D eigenvalue weighted by Crippen LogP contribution is -2.34. The van der Waals surface area contributed by atoms with Crippen molar-refractivity contribution in [1.29, 1.82) is 0 Å². The quantitative estimate of drug-likeness (QED) is 0.743. The van der Waals surface area contributed by atoms with Crippen molar-refractivity contribution in [2.24, 2.45) is 0 Å². The first-order chi connectivity index (χ1) is 9.20. The van der Waals surface area contributed by atoms with Gasteiger partial charge in [-0.25, -0.2) is 0 Å². The van der Waals surface area contributed by atoms with E-state index in [2.05, 4.69) is 22.9 Å². The van der Waals surface area contributed by atoms with Gasteiger partial charge in [0.15, 0.2) is 0 Å². The Morgan fingerprint density at radius 2 is 1.95 bits per heavy atom. The lowest BCUT2D eigenvalue weighted by Gasteiger charge is -2.22. The maximum Gasteiger partial charge on any atom is 0.255 e. The van der Waals surface area contributed by atoms with Crippen LogP contribution >= 0.6 is 15.9 Å². The predicted molar refractivity (Wildman–Crippen MR) is 81.3 cm³/mol. The van der Waals surface area contributed by atoms with Crippen molar-refractivity contribution in [3.8, 4) is 0 Å². The molecular formula is C15H22BrNO2. The Hall–Kier alpha value is -0.870. The van der Waals surface area contributed by atoms with Gasteiger partial charge in [-0.2, -0.15) is 0 Å². The molecule has 19 heavy (non-hydrogen) atoms. The van der Waals surface area contributed by atoms with Crippen molar-refractivity contribution in [3.63, 3.8) is 0 Å². The summed E-state index contributed by atoms with van der Waals surface area (Å²) in [5, 5.41) is 9.10. The van der Waals surface area contributed by atoms with Crippen LogP contribution in [0.25, 0.3) is 0 Å². The zero-order chi connectivity index (χ0) is 14.1. The Balaban J connectivity index is 2.64. The van der Waals surface area contributed by atoms with Gasteiger partial charge in [0.2, 0.25) is 0 Å². The number of aliphatic hydroxyl groups is 1. The Kier molecular flexibility index (Phi) is 7.75. The molecule has 0 aromatic heterocycles. The number of amides is 1. The van der Waals surface area contributed by atoms with E-state index in [0.717, 1.165) is 17.3 Å². The summed E-state index contributed by atoms with van der Waals surface area (Å²) in [6.07, 6.45) is 4.49. The van der Waals surface area contributed by atoms with Gasteiger partial charge < -0.3 is 10.0 Å². The van der Waals surface area contributed by atoms with Gasteiger partial charge in [-0.1, -0.05) is 38.3 Å². The number of carbonyl (C=O) groups excluding carboxylic acids is 1. The highest BCUT2D eigenvalue weighted by molar-refractivity contribution is 9.10. The Labute approximate surface area is 123 Å². The summed E-state index contributed by atoms with van der Waals surface area (Å²) in [6.45, 7) is 3.27. The molecule has 0 fully saturated rings. The summed E-state index contributed by atoms with van der Waals surface area (Å²) in [5.74, 6) is -0.0157. The number of halogens is 1. The molecule has 0 radical (unpaired) electrons. The molecule has 106 valence electrons. The molecule has 0 atom stereocenters. The second kappa shape index (κ2) is 9.10. The highest BCUT2D eigenvalue weighted by atomic mass is 79.9. The van der Waals surface area contributed by atoms with E-state index in [1.807, 2.05) is 24.3 Å². The average Bonchev–Trinajstić information content (AvgIpc) is 2.42. The second-order valence-corrected chi connectivity index (χ2v) is 5.41. The second-order valence-electron chi connectivity index (χ2n) is 4.56. The lowest BCUT2D eigenvalue weighted by atomic mass is 10.1. The summed E-state index contributed by atoms with van der Waals surface area (Å²) in [6, 6.07) is 7.41. The molecule has 0 heterocycles. The van der Waals surface area contributed by atoms with Crippen LogP contribution in [0.4, 0.5) is 0 Å². The topological polar surface area (TPSA) is 40.5 Å². The van der Waals surface area contributed by atoms with E-state index in [1.165, 1.54) is 12.8 Å². The number of nitrogens with zero attached hydrogens (tertiary/aromatic N) is 1. The third-order valence-corrected chi connectivity index (χ3v) is 3.73. The monoisotopic (exact) mass is 327 g/mol. The van der Waals surface area contributed by atoms with Gasteiger partial charge >= 0.3 is 0 Å². The summed E-state index contributed by atoms with van der Waals surface area (Å²) < 4.78 is 0.802. The molecule has 0 bridgehead atoms. The minimum atomic E-state index is -0.0157. The molecule has 1 rings (SSSR count). The zero-order valence-electron chi connectivity index (χ0n) is 11.4. The minimum Gasteiger partial charge on any atom is -0.395 e. The van der Waals surface area contributed by atoms with E-state index in [9.17, 15) is 4.79 Å². The third-order valence-electron chi connectivity index (χ3n) is 3.04. The van der Waals surface area contributed by atoms with E-state index >= 15 is 0 Å². The molecule has 0 aliphatic carbocycles. The number of rotatable bonds is 8. The fraction of sp³-hybridized carbons (Fsp3) is 0.533. The van der Waals surface area contributed by atoms with E-state index < -0.39 is 0 Å².